The molecular weight excluding hydrogens is 344 g/mol. The quantitative estimate of drug-likeness (QED) is 0.770. The van der Waals surface area contributed by atoms with Crippen LogP contribution in [0.25, 0.3) is 10.9 Å². The van der Waals surface area contributed by atoms with Gasteiger partial charge in [0.2, 0.25) is 0 Å². The summed E-state index contributed by atoms with van der Waals surface area (Å²) in [7, 11) is 0. The molecule has 6 rings (SSSR count). The monoisotopic (exact) mass is 362 g/mol. The van der Waals surface area contributed by atoms with Crippen molar-refractivity contribution in [2.45, 2.75) is 25.3 Å². The molecule has 0 radical (unpaired) electrons. The highest BCUT2D eigenvalue weighted by molar-refractivity contribution is 6.06. The van der Waals surface area contributed by atoms with Crippen LogP contribution in [-0.4, -0.2) is 39.3 Å². The Morgan fingerprint density at radius 2 is 2.11 bits per heavy atom. The van der Waals surface area contributed by atoms with E-state index in [1.165, 1.54) is 6.39 Å². The van der Waals surface area contributed by atoms with Gasteiger partial charge in [0, 0.05) is 29.6 Å². The molecule has 0 spiro atoms. The van der Waals surface area contributed by atoms with E-state index in [1.54, 1.807) is 0 Å². The molecule has 3 atom stereocenters. The van der Waals surface area contributed by atoms with E-state index < -0.39 is 5.91 Å². The second-order valence-corrected chi connectivity index (χ2v) is 7.31. The van der Waals surface area contributed by atoms with Crippen LogP contribution in [-0.2, 0) is 0 Å². The summed E-state index contributed by atoms with van der Waals surface area (Å²) in [6, 6.07) is 9.58. The molecule has 2 N–H and O–H groups in total. The number of amides is 2. The third-order valence-electron chi connectivity index (χ3n) is 5.78. The van der Waals surface area contributed by atoms with E-state index in [4.69, 9.17) is 10.2 Å². The first kappa shape index (κ1) is 16.0. The van der Waals surface area contributed by atoms with Gasteiger partial charge in [0.1, 0.15) is 5.76 Å². The minimum atomic E-state index is -0.600. The Bertz CT molecular complexity index is 1090. The lowest BCUT2D eigenvalue weighted by molar-refractivity contribution is 0.0731. The molecule has 2 saturated heterocycles. The second-order valence-electron chi connectivity index (χ2n) is 7.31. The topological polar surface area (TPSA) is 102 Å². The zero-order valence-electron chi connectivity index (χ0n) is 14.8. The van der Waals surface area contributed by atoms with Gasteiger partial charge in [-0.2, -0.15) is 0 Å². The van der Waals surface area contributed by atoms with Gasteiger partial charge in [0.15, 0.2) is 12.1 Å². The largest absolute Gasteiger partial charge is 0.447 e. The van der Waals surface area contributed by atoms with Crippen LogP contribution in [0.3, 0.4) is 0 Å². The summed E-state index contributed by atoms with van der Waals surface area (Å²) in [5, 5.41) is 0.945. The number of primary amides is 1. The predicted octanol–water partition coefficient (Wildman–Crippen LogP) is 2.26. The van der Waals surface area contributed by atoms with Gasteiger partial charge >= 0.3 is 0 Å². The minimum Gasteiger partial charge on any atom is -0.447 e. The van der Waals surface area contributed by atoms with E-state index in [0.29, 0.717) is 17.9 Å². The maximum Gasteiger partial charge on any atom is 0.270 e. The van der Waals surface area contributed by atoms with Crippen LogP contribution >= 0.6 is 0 Å². The summed E-state index contributed by atoms with van der Waals surface area (Å²) in [6.07, 6.45) is 2.14. The number of para-hydroxylation sites is 1. The number of nitrogens with zero attached hydrogens (tertiary/aromatic N) is 3. The van der Waals surface area contributed by atoms with Crippen LogP contribution in [0.4, 0.5) is 0 Å². The standard InChI is InChI=1S/C20H18N4O3/c1-10-5-6-11-3-2-4-13(16(11)23-10)20(26)24-8-12-7-14(24)15(12)18-17(19(21)25)22-9-27-18/h2-6,9,12,14-15H,7-8H2,1H3,(H2,21,25). The van der Waals surface area contributed by atoms with Crippen LogP contribution in [0.5, 0.6) is 0 Å². The maximum atomic E-state index is 13.3. The van der Waals surface area contributed by atoms with E-state index in [-0.39, 0.29) is 29.5 Å². The van der Waals surface area contributed by atoms with Gasteiger partial charge in [-0.25, -0.2) is 4.98 Å². The van der Waals surface area contributed by atoms with Crippen molar-refractivity contribution in [3.63, 3.8) is 0 Å². The van der Waals surface area contributed by atoms with Crippen molar-refractivity contribution >= 4 is 22.7 Å². The molecule has 3 unspecified atom stereocenters. The highest BCUT2D eigenvalue weighted by atomic mass is 16.3. The molecule has 27 heavy (non-hydrogen) atoms. The number of pyridine rings is 1. The number of benzene rings is 1. The number of nitrogens with two attached hydrogens (primary N) is 1. The first-order valence-corrected chi connectivity index (χ1v) is 8.95. The Hall–Kier alpha value is -3.22. The lowest BCUT2D eigenvalue weighted by Crippen LogP contribution is -2.40. The van der Waals surface area contributed by atoms with Crippen LogP contribution in [0.15, 0.2) is 41.1 Å². The lowest BCUT2D eigenvalue weighted by Gasteiger charge is -2.35. The van der Waals surface area contributed by atoms with Crippen LogP contribution in [0, 0.1) is 12.8 Å². The highest BCUT2D eigenvalue weighted by Gasteiger charge is 2.56. The number of rotatable bonds is 3. The lowest BCUT2D eigenvalue weighted by atomic mass is 9.72. The number of hydrogen-bond acceptors (Lipinski definition) is 5. The Morgan fingerprint density at radius 1 is 1.26 bits per heavy atom. The van der Waals surface area contributed by atoms with E-state index in [0.717, 1.165) is 23.0 Å². The van der Waals surface area contributed by atoms with E-state index in [1.807, 2.05) is 42.2 Å². The zero-order chi connectivity index (χ0) is 18.7. The molecule has 1 aromatic carbocycles. The Labute approximate surface area is 155 Å². The molecule has 3 fully saturated rings. The number of oxazole rings is 1. The van der Waals surface area contributed by atoms with Gasteiger partial charge in [0.25, 0.3) is 11.8 Å². The van der Waals surface area contributed by atoms with Crippen LogP contribution < -0.4 is 5.73 Å². The molecule has 3 aliphatic rings. The molecule has 2 aliphatic heterocycles. The average molecular weight is 362 g/mol. The van der Waals surface area contributed by atoms with E-state index in [2.05, 4.69) is 9.97 Å². The number of aromatic nitrogens is 2. The van der Waals surface area contributed by atoms with Crippen molar-refractivity contribution in [2.75, 3.05) is 6.54 Å². The molecule has 2 amide bonds. The SMILES string of the molecule is Cc1ccc2cccc(C(=O)N3CC4CC3C4c3ocnc3C(N)=O)c2n1. The third kappa shape index (κ3) is 2.27. The minimum absolute atomic E-state index is 0.00591. The van der Waals surface area contributed by atoms with Gasteiger partial charge in [-0.15, -0.1) is 0 Å². The predicted molar refractivity (Wildman–Crippen MR) is 97.2 cm³/mol. The van der Waals surface area contributed by atoms with E-state index >= 15 is 0 Å². The van der Waals surface area contributed by atoms with Gasteiger partial charge in [-0.05, 0) is 31.4 Å². The molecule has 1 saturated carbocycles. The number of aryl methyl sites for hydroxylation is 1. The summed E-state index contributed by atoms with van der Waals surface area (Å²) in [5.41, 5.74) is 7.77. The van der Waals surface area contributed by atoms with Gasteiger partial charge in [-0.1, -0.05) is 18.2 Å². The smallest absolute Gasteiger partial charge is 0.270 e. The fourth-order valence-electron chi connectivity index (χ4n) is 4.49. The highest BCUT2D eigenvalue weighted by Crippen LogP contribution is 2.53. The molecule has 1 aliphatic carbocycles. The molecule has 2 bridgehead atoms. The first-order chi connectivity index (χ1) is 13.0. The molecular formula is C20H18N4O3. The summed E-state index contributed by atoms with van der Waals surface area (Å²) >= 11 is 0. The van der Waals surface area contributed by atoms with Crippen molar-refractivity contribution in [3.05, 3.63) is 59.4 Å². The molecule has 2 aromatic heterocycles. The van der Waals surface area contributed by atoms with Gasteiger partial charge in [-0.3, -0.25) is 14.6 Å². The fourth-order valence-corrected chi connectivity index (χ4v) is 4.49. The molecule has 136 valence electrons. The molecule has 7 nitrogen and oxygen atoms in total. The van der Waals surface area contributed by atoms with Crippen molar-refractivity contribution in [1.29, 1.82) is 0 Å². The summed E-state index contributed by atoms with van der Waals surface area (Å²) in [6.45, 7) is 2.55. The van der Waals surface area contributed by atoms with Crippen molar-refractivity contribution < 1.29 is 14.0 Å². The van der Waals surface area contributed by atoms with Gasteiger partial charge < -0.3 is 15.1 Å². The first-order valence-electron chi connectivity index (χ1n) is 8.95. The number of carbonyl (C=O) groups excluding carboxylic acids is 2. The van der Waals surface area contributed by atoms with E-state index in [9.17, 15) is 9.59 Å². The third-order valence-corrected chi connectivity index (χ3v) is 5.78. The Kier molecular flexibility index (Phi) is 3.34. The zero-order valence-corrected chi connectivity index (χ0v) is 14.8. The number of fused-ring (bicyclic) bond motifs is 2. The second kappa shape index (κ2) is 5.64. The van der Waals surface area contributed by atoms with Crippen LogP contribution in [0.1, 0.15) is 44.6 Å². The molecule has 3 aromatic rings. The van der Waals surface area contributed by atoms with Crippen LogP contribution in [0.2, 0.25) is 0 Å². The summed E-state index contributed by atoms with van der Waals surface area (Å²) in [5.74, 6) is 0.106. The number of carbonyl (C=O) groups is 2. The maximum absolute atomic E-state index is 13.3. The summed E-state index contributed by atoms with van der Waals surface area (Å²) in [4.78, 5) is 35.3. The Morgan fingerprint density at radius 3 is 2.93 bits per heavy atom. The summed E-state index contributed by atoms with van der Waals surface area (Å²) < 4.78 is 5.47. The fraction of sp³-hybridized carbons (Fsp3) is 0.300. The number of hydrogen-bond donors (Lipinski definition) is 1. The molecule has 4 heterocycles. The average Bonchev–Trinajstić information content (AvgIpc) is 3.35. The van der Waals surface area contributed by atoms with Gasteiger partial charge in [0.05, 0.1) is 11.1 Å². The molecule has 7 heteroatoms. The Balaban J connectivity index is 1.49. The van der Waals surface area contributed by atoms with Crippen molar-refractivity contribution in [1.82, 2.24) is 14.9 Å². The van der Waals surface area contributed by atoms with Crippen molar-refractivity contribution in [3.8, 4) is 0 Å². The normalized spacial score (nSPS) is 23.4. The van der Waals surface area contributed by atoms with Crippen molar-refractivity contribution in [2.24, 2.45) is 11.7 Å².